The van der Waals surface area contributed by atoms with E-state index < -0.39 is 11.7 Å². The lowest BCUT2D eigenvalue weighted by atomic mass is 9.60. The summed E-state index contributed by atoms with van der Waals surface area (Å²) in [4.78, 5) is 0. The highest BCUT2D eigenvalue weighted by Crippen LogP contribution is 2.51. The summed E-state index contributed by atoms with van der Waals surface area (Å²) >= 11 is 5.01. The van der Waals surface area contributed by atoms with Crippen molar-refractivity contribution in [2.75, 3.05) is 0 Å². The van der Waals surface area contributed by atoms with E-state index in [1.165, 1.54) is 5.57 Å². The Labute approximate surface area is 121 Å². The molecule has 1 saturated carbocycles. The largest absolute Gasteiger partial charge is 0.387 e. The van der Waals surface area contributed by atoms with Crippen LogP contribution in [-0.2, 0) is 12.4 Å². The fourth-order valence-electron chi connectivity index (χ4n) is 3.74. The highest BCUT2D eigenvalue weighted by molar-refractivity contribution is 7.47. The second-order valence-electron chi connectivity index (χ2n) is 6.93. The van der Waals surface area contributed by atoms with Gasteiger partial charge in [-0.15, -0.1) is 0 Å². The molecule has 2 N–H and O–H groups in total. The van der Waals surface area contributed by atoms with Gasteiger partial charge in [0, 0.05) is 18.3 Å². The summed E-state index contributed by atoms with van der Waals surface area (Å²) < 4.78 is 4.20. The Bertz CT molecular complexity index is 416. The summed E-state index contributed by atoms with van der Waals surface area (Å²) in [6.45, 7) is 8.13. The first-order chi connectivity index (χ1) is 8.73. The zero-order valence-electron chi connectivity index (χ0n) is 12.3. The SMILES string of the molecule is CC(C)C1=C2C(O)C(C)(O)CCC2C(C)(N=S)CC1. The third kappa shape index (κ3) is 2.39. The van der Waals surface area contributed by atoms with E-state index in [0.29, 0.717) is 12.3 Å². The molecule has 2 aliphatic rings. The lowest BCUT2D eigenvalue weighted by Gasteiger charge is -2.49. The third-order valence-electron chi connectivity index (χ3n) is 5.13. The number of hydrogen-bond acceptors (Lipinski definition) is 4. The van der Waals surface area contributed by atoms with Gasteiger partial charge in [0.15, 0.2) is 0 Å². The Balaban J connectivity index is 2.52. The van der Waals surface area contributed by atoms with Gasteiger partial charge in [0.05, 0.1) is 11.1 Å². The van der Waals surface area contributed by atoms with Crippen molar-refractivity contribution >= 4 is 12.4 Å². The highest BCUT2D eigenvalue weighted by Gasteiger charge is 2.50. The summed E-state index contributed by atoms with van der Waals surface area (Å²) in [6.07, 6.45) is 2.56. The molecule has 0 spiro atoms. The molecule has 2 rings (SSSR count). The zero-order valence-corrected chi connectivity index (χ0v) is 13.1. The number of fused-ring (bicyclic) bond motifs is 1. The van der Waals surface area contributed by atoms with Crippen LogP contribution in [0.4, 0.5) is 0 Å². The summed E-state index contributed by atoms with van der Waals surface area (Å²) in [6, 6.07) is 0. The first-order valence-electron chi connectivity index (χ1n) is 7.20. The van der Waals surface area contributed by atoms with E-state index in [2.05, 4.69) is 25.1 Å². The van der Waals surface area contributed by atoms with Crippen molar-refractivity contribution in [2.45, 2.75) is 70.6 Å². The van der Waals surface area contributed by atoms with E-state index in [0.717, 1.165) is 24.8 Å². The van der Waals surface area contributed by atoms with E-state index in [4.69, 9.17) is 12.4 Å². The van der Waals surface area contributed by atoms with Gasteiger partial charge in [-0.3, -0.25) is 0 Å². The highest BCUT2D eigenvalue weighted by atomic mass is 32.1. The summed E-state index contributed by atoms with van der Waals surface area (Å²) in [5.41, 5.74) is 1.04. The van der Waals surface area contributed by atoms with Crippen molar-refractivity contribution in [1.29, 1.82) is 0 Å². The zero-order chi connectivity index (χ0) is 14.4. The van der Waals surface area contributed by atoms with E-state index >= 15 is 0 Å². The molecule has 4 atom stereocenters. The Morgan fingerprint density at radius 3 is 2.47 bits per heavy atom. The predicted octanol–water partition coefficient (Wildman–Crippen LogP) is 2.74. The molecule has 0 aromatic rings. The van der Waals surface area contributed by atoms with Crippen molar-refractivity contribution in [2.24, 2.45) is 16.2 Å². The Morgan fingerprint density at radius 1 is 1.32 bits per heavy atom. The fraction of sp³-hybridized carbons (Fsp3) is 0.867. The van der Waals surface area contributed by atoms with E-state index in [1.54, 1.807) is 6.92 Å². The molecule has 4 heteroatoms. The van der Waals surface area contributed by atoms with Gasteiger partial charge in [-0.2, -0.15) is 0 Å². The number of rotatable bonds is 2. The smallest absolute Gasteiger partial charge is 0.104 e. The van der Waals surface area contributed by atoms with Gasteiger partial charge in [0.1, 0.15) is 6.10 Å². The van der Waals surface area contributed by atoms with Crippen LogP contribution in [0.2, 0.25) is 0 Å². The lowest BCUT2D eigenvalue weighted by Crippen LogP contribution is -2.53. The van der Waals surface area contributed by atoms with Crippen LogP contribution in [0.1, 0.15) is 53.4 Å². The molecule has 0 bridgehead atoms. The molecule has 1 fully saturated rings. The molecule has 19 heavy (non-hydrogen) atoms. The quantitative estimate of drug-likeness (QED) is 0.766. The van der Waals surface area contributed by atoms with E-state index in [1.807, 2.05) is 0 Å². The van der Waals surface area contributed by atoms with Crippen molar-refractivity contribution in [1.82, 2.24) is 0 Å². The molecule has 3 nitrogen and oxygen atoms in total. The molecule has 108 valence electrons. The van der Waals surface area contributed by atoms with E-state index in [-0.39, 0.29) is 11.5 Å². The van der Waals surface area contributed by atoms with Crippen molar-refractivity contribution in [3.63, 3.8) is 0 Å². The molecular formula is C15H25NO2S. The lowest BCUT2D eigenvalue weighted by molar-refractivity contribution is -0.0780. The van der Waals surface area contributed by atoms with Gasteiger partial charge in [0.25, 0.3) is 0 Å². The molecule has 0 aliphatic heterocycles. The number of aliphatic hydroxyl groups is 2. The fourth-order valence-corrected chi connectivity index (χ4v) is 3.96. The standard InChI is InChI=1S/C15H25NO2S/c1-9(2)10-5-7-14(3,16-19)11-6-8-15(4,18)13(17)12(10)11/h9,11,13,17-18H,5-8H2,1-4H3. The molecule has 2 aliphatic carbocycles. The van der Waals surface area contributed by atoms with Crippen LogP contribution in [0.3, 0.4) is 0 Å². The van der Waals surface area contributed by atoms with E-state index in [9.17, 15) is 10.2 Å². The number of aliphatic hydroxyl groups excluding tert-OH is 1. The molecule has 0 heterocycles. The van der Waals surface area contributed by atoms with Gasteiger partial charge < -0.3 is 10.2 Å². The summed E-state index contributed by atoms with van der Waals surface area (Å²) in [5.74, 6) is 0.585. The van der Waals surface area contributed by atoms with Crippen molar-refractivity contribution < 1.29 is 10.2 Å². The van der Waals surface area contributed by atoms with Gasteiger partial charge in [-0.25, -0.2) is 4.36 Å². The predicted molar refractivity (Wildman–Crippen MR) is 78.7 cm³/mol. The van der Waals surface area contributed by atoms with Crippen molar-refractivity contribution in [3.05, 3.63) is 11.1 Å². The maximum Gasteiger partial charge on any atom is 0.104 e. The van der Waals surface area contributed by atoms with Gasteiger partial charge in [-0.1, -0.05) is 19.4 Å². The Morgan fingerprint density at radius 2 is 1.95 bits per heavy atom. The minimum Gasteiger partial charge on any atom is -0.387 e. The van der Waals surface area contributed by atoms with Crippen LogP contribution in [0.15, 0.2) is 15.5 Å². The second-order valence-corrected chi connectivity index (χ2v) is 7.12. The number of hydrogen-bond donors (Lipinski definition) is 2. The van der Waals surface area contributed by atoms with Gasteiger partial charge >= 0.3 is 0 Å². The average molecular weight is 283 g/mol. The van der Waals surface area contributed by atoms with Crippen LogP contribution in [0.25, 0.3) is 0 Å². The Hall–Kier alpha value is -0.320. The van der Waals surface area contributed by atoms with Gasteiger partial charge in [-0.05, 0) is 51.0 Å². The topological polar surface area (TPSA) is 52.8 Å². The first kappa shape index (κ1) is 15.1. The molecule has 0 radical (unpaired) electrons. The van der Waals surface area contributed by atoms with Crippen LogP contribution in [0.5, 0.6) is 0 Å². The minimum atomic E-state index is -1.02. The molecule has 0 amide bonds. The summed E-state index contributed by atoms with van der Waals surface area (Å²) in [5, 5.41) is 21.0. The molecule has 0 aromatic heterocycles. The minimum absolute atomic E-state index is 0.186. The van der Waals surface area contributed by atoms with Crippen LogP contribution < -0.4 is 0 Å². The maximum atomic E-state index is 10.6. The molecular weight excluding hydrogens is 258 g/mol. The second kappa shape index (κ2) is 4.90. The summed E-state index contributed by atoms with van der Waals surface area (Å²) in [7, 11) is 0. The molecule has 4 unspecified atom stereocenters. The van der Waals surface area contributed by atoms with Crippen molar-refractivity contribution in [3.8, 4) is 0 Å². The normalized spacial score (nSPS) is 43.3. The van der Waals surface area contributed by atoms with Crippen LogP contribution in [-0.4, -0.2) is 27.5 Å². The molecule has 0 aromatic carbocycles. The van der Waals surface area contributed by atoms with Crippen LogP contribution >= 0.6 is 0 Å². The maximum absolute atomic E-state index is 10.6. The monoisotopic (exact) mass is 283 g/mol. The number of allylic oxidation sites excluding steroid dienone is 1. The van der Waals surface area contributed by atoms with Crippen LogP contribution in [0, 0.1) is 11.8 Å². The molecule has 0 saturated heterocycles. The average Bonchev–Trinajstić information content (AvgIpc) is 2.34. The number of nitrogens with zero attached hydrogens (tertiary/aromatic N) is 1. The third-order valence-corrected chi connectivity index (χ3v) is 5.54. The first-order valence-corrected chi connectivity index (χ1v) is 7.57. The Kier molecular flexibility index (Phi) is 3.89. The van der Waals surface area contributed by atoms with Gasteiger partial charge in [0.2, 0.25) is 0 Å².